The van der Waals surface area contributed by atoms with Gasteiger partial charge in [0.15, 0.2) is 0 Å². The first-order valence-corrected chi connectivity index (χ1v) is 3.79. The molecule has 0 radical (unpaired) electrons. The summed E-state index contributed by atoms with van der Waals surface area (Å²) in [4.78, 5) is 4.05. The normalized spacial score (nSPS) is 9.77. The van der Waals surface area contributed by atoms with Crippen molar-refractivity contribution in [2.75, 3.05) is 0 Å². The van der Waals surface area contributed by atoms with Crippen molar-refractivity contribution in [3.05, 3.63) is 36.0 Å². The Kier molecular flexibility index (Phi) is 1.60. The molecule has 62 valence electrons. The molecular weight excluding hydrogens is 164 g/mol. The minimum Gasteiger partial charge on any atom is -0.507 e. The van der Waals surface area contributed by atoms with Crippen molar-refractivity contribution in [2.45, 2.75) is 0 Å². The molecule has 0 atom stereocenters. The summed E-state index contributed by atoms with van der Waals surface area (Å²) in [5.41, 5.74) is 1.22. The van der Waals surface area contributed by atoms with Gasteiger partial charge >= 0.3 is 0 Å². The smallest absolute Gasteiger partial charge is 0.126 e. The summed E-state index contributed by atoms with van der Waals surface area (Å²) in [7, 11) is 0. The van der Waals surface area contributed by atoms with Crippen LogP contribution in [0.15, 0.2) is 30.5 Å². The van der Waals surface area contributed by atoms with Crippen LogP contribution in [0.25, 0.3) is 10.9 Å². The van der Waals surface area contributed by atoms with Crippen molar-refractivity contribution in [1.82, 2.24) is 4.98 Å². The highest BCUT2D eigenvalue weighted by Crippen LogP contribution is 2.22. The predicted octanol–water partition coefficient (Wildman–Crippen LogP) is 1.81. The van der Waals surface area contributed by atoms with Gasteiger partial charge in [0, 0.05) is 11.6 Å². The predicted molar refractivity (Wildman–Crippen MR) is 48.1 cm³/mol. The van der Waals surface area contributed by atoms with Crippen LogP contribution in [0.3, 0.4) is 0 Å². The van der Waals surface area contributed by atoms with Crippen LogP contribution in [-0.4, -0.2) is 10.1 Å². The fraction of sp³-hybridized carbons (Fsp3) is 0. The van der Waals surface area contributed by atoms with E-state index in [1.165, 1.54) is 12.3 Å². The lowest BCUT2D eigenvalue weighted by Crippen LogP contribution is -1.80. The quantitative estimate of drug-likeness (QED) is 0.656. The molecule has 1 aromatic carbocycles. The molecule has 0 aliphatic rings. The number of rotatable bonds is 0. The molecule has 0 aliphatic carbocycles. The van der Waals surface area contributed by atoms with Gasteiger partial charge in [0.1, 0.15) is 5.75 Å². The molecule has 1 N–H and O–H groups in total. The highest BCUT2D eigenvalue weighted by molar-refractivity contribution is 5.85. The molecule has 2 rings (SSSR count). The van der Waals surface area contributed by atoms with Crippen molar-refractivity contribution in [1.29, 1.82) is 5.26 Å². The minimum absolute atomic E-state index is 0.155. The maximum atomic E-state index is 9.44. The zero-order valence-electron chi connectivity index (χ0n) is 6.73. The van der Waals surface area contributed by atoms with Crippen LogP contribution in [0.2, 0.25) is 0 Å². The molecule has 0 amide bonds. The van der Waals surface area contributed by atoms with Crippen LogP contribution in [0.1, 0.15) is 5.56 Å². The first kappa shape index (κ1) is 7.56. The van der Waals surface area contributed by atoms with Gasteiger partial charge in [0.05, 0.1) is 17.1 Å². The van der Waals surface area contributed by atoms with Gasteiger partial charge in [0.2, 0.25) is 0 Å². The highest BCUT2D eigenvalue weighted by atomic mass is 16.3. The fourth-order valence-electron chi connectivity index (χ4n) is 1.20. The highest BCUT2D eigenvalue weighted by Gasteiger charge is 2.00. The lowest BCUT2D eigenvalue weighted by Gasteiger charge is -1.98. The van der Waals surface area contributed by atoms with Gasteiger partial charge in [0.25, 0.3) is 0 Å². The molecule has 0 fully saturated rings. The van der Waals surface area contributed by atoms with E-state index >= 15 is 0 Å². The van der Waals surface area contributed by atoms with Gasteiger partial charge in [-0.2, -0.15) is 5.26 Å². The van der Waals surface area contributed by atoms with Gasteiger partial charge in [-0.1, -0.05) is 0 Å². The third-order valence-electron chi connectivity index (χ3n) is 1.85. The van der Waals surface area contributed by atoms with Crippen molar-refractivity contribution in [2.24, 2.45) is 0 Å². The first-order chi connectivity index (χ1) is 6.31. The molecule has 13 heavy (non-hydrogen) atoms. The number of benzene rings is 1. The number of nitrogens with zero attached hydrogens (tertiary/aromatic N) is 2. The van der Waals surface area contributed by atoms with Crippen molar-refractivity contribution < 1.29 is 5.11 Å². The Hall–Kier alpha value is -2.08. The van der Waals surface area contributed by atoms with Gasteiger partial charge in [-0.15, -0.1) is 0 Å². The molecule has 3 heteroatoms. The molecule has 0 spiro atoms. The van der Waals surface area contributed by atoms with Crippen molar-refractivity contribution in [3.63, 3.8) is 0 Å². The number of pyridine rings is 1. The van der Waals surface area contributed by atoms with Gasteiger partial charge < -0.3 is 5.11 Å². The molecule has 0 aliphatic heterocycles. The largest absolute Gasteiger partial charge is 0.507 e. The Bertz CT molecular complexity index is 500. The maximum Gasteiger partial charge on any atom is 0.126 e. The summed E-state index contributed by atoms with van der Waals surface area (Å²) in [5, 5.41) is 18.7. The lowest BCUT2D eigenvalue weighted by molar-refractivity contribution is 0.481. The number of nitriles is 1. The summed E-state index contributed by atoms with van der Waals surface area (Å²) < 4.78 is 0. The van der Waals surface area contributed by atoms with Crippen molar-refractivity contribution in [3.8, 4) is 11.8 Å². The summed E-state index contributed by atoms with van der Waals surface area (Å²) >= 11 is 0. The summed E-state index contributed by atoms with van der Waals surface area (Å²) in [6.45, 7) is 0. The van der Waals surface area contributed by atoms with E-state index in [-0.39, 0.29) is 5.75 Å². The SMILES string of the molecule is N#Cc1ccc2nccc(O)c2c1. The number of hydrogen-bond acceptors (Lipinski definition) is 3. The molecular formula is C10H6N2O. The number of aromatic nitrogens is 1. The Morgan fingerprint density at radius 3 is 2.92 bits per heavy atom. The summed E-state index contributed by atoms with van der Waals surface area (Å²) in [6, 6.07) is 8.52. The van der Waals surface area contributed by atoms with E-state index in [1.54, 1.807) is 18.2 Å². The molecule has 0 saturated heterocycles. The van der Waals surface area contributed by atoms with E-state index in [2.05, 4.69) is 4.98 Å². The second-order valence-electron chi connectivity index (χ2n) is 2.67. The molecule has 0 saturated carbocycles. The van der Waals surface area contributed by atoms with Crippen LogP contribution in [0.5, 0.6) is 5.75 Å². The Balaban J connectivity index is 2.84. The molecule has 2 aromatic rings. The van der Waals surface area contributed by atoms with Crippen LogP contribution < -0.4 is 0 Å². The standard InChI is InChI=1S/C10H6N2O/c11-6-7-1-2-9-8(5-7)10(13)3-4-12-9/h1-5H,(H,12,13). The molecule has 0 bridgehead atoms. The monoisotopic (exact) mass is 170 g/mol. The number of fused-ring (bicyclic) bond motifs is 1. The molecule has 3 nitrogen and oxygen atoms in total. The lowest BCUT2D eigenvalue weighted by atomic mass is 10.1. The second-order valence-corrected chi connectivity index (χ2v) is 2.67. The van der Waals surface area contributed by atoms with E-state index in [1.807, 2.05) is 6.07 Å². The fourth-order valence-corrected chi connectivity index (χ4v) is 1.20. The van der Waals surface area contributed by atoms with Gasteiger partial charge in [-0.05, 0) is 24.3 Å². The summed E-state index contributed by atoms with van der Waals surface area (Å²) in [6.07, 6.45) is 1.53. The minimum atomic E-state index is 0.155. The third-order valence-corrected chi connectivity index (χ3v) is 1.85. The third kappa shape index (κ3) is 1.18. The Labute approximate surface area is 74.9 Å². The average Bonchev–Trinajstić information content (AvgIpc) is 2.18. The topological polar surface area (TPSA) is 56.9 Å². The van der Waals surface area contributed by atoms with E-state index < -0.39 is 0 Å². The van der Waals surface area contributed by atoms with Gasteiger partial charge in [-0.3, -0.25) is 4.98 Å². The van der Waals surface area contributed by atoms with Crippen molar-refractivity contribution >= 4 is 10.9 Å². The van der Waals surface area contributed by atoms with Crippen LogP contribution in [0, 0.1) is 11.3 Å². The van der Waals surface area contributed by atoms with E-state index in [4.69, 9.17) is 5.26 Å². The zero-order valence-corrected chi connectivity index (χ0v) is 6.73. The maximum absolute atomic E-state index is 9.44. The second kappa shape index (κ2) is 2.76. The number of aromatic hydroxyl groups is 1. The van der Waals surface area contributed by atoms with Gasteiger partial charge in [-0.25, -0.2) is 0 Å². The Morgan fingerprint density at radius 2 is 2.15 bits per heavy atom. The van der Waals surface area contributed by atoms with Crippen LogP contribution >= 0.6 is 0 Å². The summed E-state index contributed by atoms with van der Waals surface area (Å²) in [5.74, 6) is 0.155. The Morgan fingerprint density at radius 1 is 1.31 bits per heavy atom. The van der Waals surface area contributed by atoms with Crippen LogP contribution in [-0.2, 0) is 0 Å². The van der Waals surface area contributed by atoms with E-state index in [0.717, 1.165) is 0 Å². The van der Waals surface area contributed by atoms with E-state index in [9.17, 15) is 5.11 Å². The average molecular weight is 170 g/mol. The van der Waals surface area contributed by atoms with Crippen LogP contribution in [0.4, 0.5) is 0 Å². The zero-order chi connectivity index (χ0) is 9.26. The number of hydrogen-bond donors (Lipinski definition) is 1. The molecule has 1 heterocycles. The van der Waals surface area contributed by atoms with E-state index in [0.29, 0.717) is 16.5 Å². The molecule has 1 aromatic heterocycles. The first-order valence-electron chi connectivity index (χ1n) is 3.79. The molecule has 0 unspecified atom stereocenters.